The van der Waals surface area contributed by atoms with Gasteiger partial charge >= 0.3 is 0 Å². The summed E-state index contributed by atoms with van der Waals surface area (Å²) in [4.78, 5) is 22.0. The van der Waals surface area contributed by atoms with Gasteiger partial charge in [0.15, 0.2) is 0 Å². The number of benzene rings is 1. The number of nitrogens with two attached hydrogens (primary N) is 1. The Morgan fingerprint density at radius 1 is 1.35 bits per heavy atom. The predicted molar refractivity (Wildman–Crippen MR) is 89.4 cm³/mol. The molecule has 2 unspecified atom stereocenters. The maximum atomic E-state index is 12.0. The quantitative estimate of drug-likeness (QED) is 0.234. The van der Waals surface area contributed by atoms with Crippen molar-refractivity contribution in [3.05, 3.63) is 39.9 Å². The third kappa shape index (κ3) is 7.62. The normalized spacial score (nSPS) is 14.6. The van der Waals surface area contributed by atoms with Crippen molar-refractivity contribution < 1.29 is 40.8 Å². The molecule has 0 fully saturated rings. The molecule has 148 valence electrons. The number of rotatable bonds is 9. The van der Waals surface area contributed by atoms with Crippen molar-refractivity contribution in [3.63, 3.8) is 0 Å². The van der Waals surface area contributed by atoms with E-state index in [0.29, 0.717) is 0 Å². The molecule has 3 atom stereocenters. The van der Waals surface area contributed by atoms with Crippen molar-refractivity contribution in [1.29, 1.82) is 0 Å². The number of carbonyl (C=O) groups excluding carboxylic acids is 1. The minimum Gasteiger partial charge on any atom is -1.00 e. The first kappa shape index (κ1) is 24.2. The molecule has 1 aromatic rings. The van der Waals surface area contributed by atoms with Gasteiger partial charge in [0.1, 0.15) is 15.9 Å². The van der Waals surface area contributed by atoms with E-state index in [1.165, 1.54) is 24.3 Å². The Hall–Kier alpha value is -1.79. The SMILES string of the molecule is CS(=O)(=O)CC[C@H](N)C(=O)NC(CO)C(O)c1ccc([N+](=O)[O-])cc1.[Cl-]. The van der Waals surface area contributed by atoms with Crippen molar-refractivity contribution in [2.45, 2.75) is 24.6 Å². The lowest BCUT2D eigenvalue weighted by Crippen LogP contribution is -3.00. The van der Waals surface area contributed by atoms with Gasteiger partial charge in [0.05, 0.1) is 29.4 Å². The first-order valence-electron chi connectivity index (χ1n) is 7.32. The lowest BCUT2D eigenvalue weighted by molar-refractivity contribution is -0.384. The fourth-order valence-electron chi connectivity index (χ4n) is 2.01. The van der Waals surface area contributed by atoms with Crippen LogP contribution in [0, 0.1) is 10.1 Å². The lowest BCUT2D eigenvalue weighted by atomic mass is 10.0. The molecule has 12 heteroatoms. The molecule has 0 saturated heterocycles. The minimum absolute atomic E-state index is 0. The van der Waals surface area contributed by atoms with E-state index in [0.717, 1.165) is 6.26 Å². The molecule has 0 aliphatic rings. The molecule has 10 nitrogen and oxygen atoms in total. The van der Waals surface area contributed by atoms with Crippen LogP contribution in [0.15, 0.2) is 24.3 Å². The van der Waals surface area contributed by atoms with E-state index in [-0.39, 0.29) is 35.8 Å². The number of non-ortho nitro benzene ring substituents is 1. The molecule has 26 heavy (non-hydrogen) atoms. The van der Waals surface area contributed by atoms with Gasteiger partial charge in [-0.3, -0.25) is 14.9 Å². The van der Waals surface area contributed by atoms with Crippen molar-refractivity contribution in [2.75, 3.05) is 18.6 Å². The standard InChI is InChI=1S/C14H21N3O7S.ClH/c1-25(23,24)7-6-11(15)14(20)16-12(8-18)13(19)9-2-4-10(5-3-9)17(21)22;/h2-5,11-13,18-19H,6-8,15H2,1H3,(H,16,20);1H/p-1/t11-,12?,13?;/m0./s1. The second kappa shape index (κ2) is 10.4. The summed E-state index contributed by atoms with van der Waals surface area (Å²) in [5.74, 6) is -0.986. The van der Waals surface area contributed by atoms with Crippen LogP contribution in [-0.4, -0.2) is 60.2 Å². The number of carbonyl (C=O) groups is 1. The number of hydrogen-bond acceptors (Lipinski definition) is 8. The molecular weight excluding hydrogens is 390 g/mol. The summed E-state index contributed by atoms with van der Waals surface area (Å²) >= 11 is 0. The molecule has 1 aromatic carbocycles. The summed E-state index contributed by atoms with van der Waals surface area (Å²) in [6, 6.07) is 2.77. The molecule has 1 rings (SSSR count). The van der Waals surface area contributed by atoms with Gasteiger partial charge in [0.25, 0.3) is 5.69 Å². The second-order valence-electron chi connectivity index (χ2n) is 5.62. The summed E-state index contributed by atoms with van der Waals surface area (Å²) in [6.45, 7) is -0.608. The Morgan fingerprint density at radius 2 is 1.88 bits per heavy atom. The van der Waals surface area contributed by atoms with Crippen LogP contribution in [0.4, 0.5) is 5.69 Å². The van der Waals surface area contributed by atoms with Crippen molar-refractivity contribution in [2.24, 2.45) is 5.73 Å². The molecule has 0 radical (unpaired) electrons. The van der Waals surface area contributed by atoms with Gasteiger partial charge in [-0.25, -0.2) is 8.42 Å². The van der Waals surface area contributed by atoms with Gasteiger partial charge in [0, 0.05) is 18.4 Å². The highest BCUT2D eigenvalue weighted by Crippen LogP contribution is 2.20. The monoisotopic (exact) mass is 410 g/mol. The van der Waals surface area contributed by atoms with Gasteiger partial charge in [-0.2, -0.15) is 0 Å². The van der Waals surface area contributed by atoms with Crippen LogP contribution in [0.3, 0.4) is 0 Å². The topological polar surface area (TPSA) is 173 Å². The van der Waals surface area contributed by atoms with Gasteiger partial charge in [-0.15, -0.1) is 0 Å². The molecular formula is C14H21ClN3O7S-. The third-order valence-electron chi connectivity index (χ3n) is 3.49. The van der Waals surface area contributed by atoms with E-state index in [9.17, 15) is 33.5 Å². The van der Waals surface area contributed by atoms with Crippen molar-refractivity contribution in [1.82, 2.24) is 5.32 Å². The fourth-order valence-corrected chi connectivity index (χ4v) is 2.69. The van der Waals surface area contributed by atoms with E-state index in [1.54, 1.807) is 0 Å². The van der Waals surface area contributed by atoms with Crippen LogP contribution in [0.2, 0.25) is 0 Å². The number of aliphatic hydroxyl groups is 2. The summed E-state index contributed by atoms with van der Waals surface area (Å²) < 4.78 is 22.2. The minimum atomic E-state index is -3.27. The van der Waals surface area contributed by atoms with Crippen molar-refractivity contribution in [3.8, 4) is 0 Å². The predicted octanol–water partition coefficient (Wildman–Crippen LogP) is -4.13. The van der Waals surface area contributed by atoms with Gasteiger partial charge in [-0.1, -0.05) is 0 Å². The van der Waals surface area contributed by atoms with E-state index in [4.69, 9.17) is 5.73 Å². The van der Waals surface area contributed by atoms with E-state index < -0.39 is 45.5 Å². The van der Waals surface area contributed by atoms with Crippen LogP contribution >= 0.6 is 0 Å². The maximum Gasteiger partial charge on any atom is 0.269 e. The molecule has 1 amide bonds. The smallest absolute Gasteiger partial charge is 0.269 e. The second-order valence-corrected chi connectivity index (χ2v) is 7.88. The maximum absolute atomic E-state index is 12.0. The van der Waals surface area contributed by atoms with Gasteiger partial charge in [0.2, 0.25) is 5.91 Å². The zero-order chi connectivity index (χ0) is 19.2. The molecule has 0 aliphatic carbocycles. The van der Waals surface area contributed by atoms with Crippen LogP contribution in [0.5, 0.6) is 0 Å². The van der Waals surface area contributed by atoms with Crippen LogP contribution in [-0.2, 0) is 14.6 Å². The Kier molecular flexibility index (Phi) is 9.67. The van der Waals surface area contributed by atoms with Gasteiger partial charge in [-0.05, 0) is 24.1 Å². The van der Waals surface area contributed by atoms with Crippen LogP contribution in [0.25, 0.3) is 0 Å². The number of amides is 1. The van der Waals surface area contributed by atoms with Gasteiger partial charge < -0.3 is 33.7 Å². The number of nitrogens with zero attached hydrogens (tertiary/aromatic N) is 1. The third-order valence-corrected chi connectivity index (χ3v) is 4.46. The number of nitro groups is 1. The molecule has 5 N–H and O–H groups in total. The molecule has 0 heterocycles. The molecule has 0 bridgehead atoms. The first-order chi connectivity index (χ1) is 11.5. The Bertz CT molecular complexity index is 712. The molecule has 0 aliphatic heterocycles. The average molecular weight is 411 g/mol. The van der Waals surface area contributed by atoms with Crippen LogP contribution in [0.1, 0.15) is 18.1 Å². The van der Waals surface area contributed by atoms with E-state index in [1.807, 2.05) is 0 Å². The zero-order valence-corrected chi connectivity index (χ0v) is 15.5. The number of aliphatic hydroxyl groups excluding tert-OH is 2. The lowest BCUT2D eigenvalue weighted by Gasteiger charge is -2.24. The van der Waals surface area contributed by atoms with Crippen molar-refractivity contribution >= 4 is 21.4 Å². The highest BCUT2D eigenvalue weighted by Gasteiger charge is 2.25. The molecule has 0 aromatic heterocycles. The Labute approximate surface area is 156 Å². The summed E-state index contributed by atoms with van der Waals surface area (Å²) in [6.07, 6.45) is -0.403. The molecule has 0 spiro atoms. The fraction of sp³-hybridized carbons (Fsp3) is 0.500. The summed E-state index contributed by atoms with van der Waals surface area (Å²) in [5, 5.41) is 32.5. The number of sulfone groups is 1. The Morgan fingerprint density at radius 3 is 2.31 bits per heavy atom. The first-order valence-corrected chi connectivity index (χ1v) is 9.38. The summed E-state index contributed by atoms with van der Waals surface area (Å²) in [7, 11) is -3.27. The zero-order valence-electron chi connectivity index (χ0n) is 13.9. The van der Waals surface area contributed by atoms with Crippen LogP contribution < -0.4 is 23.5 Å². The number of nitrogens with one attached hydrogen (secondary N) is 1. The molecule has 0 saturated carbocycles. The summed E-state index contributed by atoms with van der Waals surface area (Å²) in [5.41, 5.74) is 5.70. The van der Waals surface area contributed by atoms with E-state index in [2.05, 4.69) is 5.32 Å². The average Bonchev–Trinajstić information content (AvgIpc) is 2.56. The number of halogens is 1. The largest absolute Gasteiger partial charge is 1.00 e. The van der Waals surface area contributed by atoms with E-state index >= 15 is 0 Å². The highest BCUT2D eigenvalue weighted by molar-refractivity contribution is 7.90. The number of nitro benzene ring substituents is 1. The number of hydrogen-bond donors (Lipinski definition) is 4. The highest BCUT2D eigenvalue weighted by atomic mass is 35.5. The Balaban J connectivity index is 0.00000625.